The molecule has 4 heteroatoms. The molecule has 0 radical (unpaired) electrons. The standard InChI is InChI=1S/C14H20N2O2/c1-3-17-12(2)10-16-11-13-6-4-5-7-14(13)18-9-8-15/h4-7,12,16H,3,9-11H2,1-2H3. The maximum Gasteiger partial charge on any atom is 0.174 e. The van der Waals surface area contributed by atoms with Crippen LogP contribution in [-0.4, -0.2) is 25.9 Å². The Hall–Kier alpha value is -1.57. The van der Waals surface area contributed by atoms with Gasteiger partial charge in [-0.15, -0.1) is 0 Å². The number of nitrogens with one attached hydrogen (secondary N) is 1. The summed E-state index contributed by atoms with van der Waals surface area (Å²) in [6.45, 7) is 6.33. The number of ether oxygens (including phenoxy) is 2. The van der Waals surface area contributed by atoms with Gasteiger partial charge in [-0.2, -0.15) is 5.26 Å². The van der Waals surface area contributed by atoms with Gasteiger partial charge < -0.3 is 14.8 Å². The maximum atomic E-state index is 8.52. The molecule has 0 amide bonds. The average molecular weight is 248 g/mol. The lowest BCUT2D eigenvalue weighted by molar-refractivity contribution is 0.0759. The van der Waals surface area contributed by atoms with Gasteiger partial charge in [0.2, 0.25) is 0 Å². The zero-order valence-corrected chi connectivity index (χ0v) is 11.0. The fourth-order valence-electron chi connectivity index (χ4n) is 1.65. The van der Waals surface area contributed by atoms with Crippen LogP contribution in [0.25, 0.3) is 0 Å². The van der Waals surface area contributed by atoms with Gasteiger partial charge in [0, 0.05) is 25.3 Å². The van der Waals surface area contributed by atoms with Gasteiger partial charge in [-0.1, -0.05) is 18.2 Å². The molecule has 1 atom stereocenters. The second-order valence-corrected chi connectivity index (χ2v) is 3.95. The fourth-order valence-corrected chi connectivity index (χ4v) is 1.65. The number of benzene rings is 1. The van der Waals surface area contributed by atoms with E-state index < -0.39 is 0 Å². The minimum Gasteiger partial charge on any atom is -0.478 e. The molecule has 0 heterocycles. The van der Waals surface area contributed by atoms with Crippen LogP contribution in [0.15, 0.2) is 24.3 Å². The summed E-state index contributed by atoms with van der Waals surface area (Å²) < 4.78 is 10.8. The Kier molecular flexibility index (Phi) is 6.85. The molecule has 0 fully saturated rings. The first kappa shape index (κ1) is 14.5. The van der Waals surface area contributed by atoms with Crippen LogP contribution >= 0.6 is 0 Å². The van der Waals surface area contributed by atoms with Gasteiger partial charge in [0.1, 0.15) is 11.8 Å². The van der Waals surface area contributed by atoms with Gasteiger partial charge in [-0.05, 0) is 19.9 Å². The third kappa shape index (κ3) is 5.17. The Labute approximate surface area is 109 Å². The van der Waals surface area contributed by atoms with Gasteiger partial charge in [0.25, 0.3) is 0 Å². The predicted molar refractivity (Wildman–Crippen MR) is 70.3 cm³/mol. The number of nitriles is 1. The first-order chi connectivity index (χ1) is 8.77. The Morgan fingerprint density at radius 2 is 2.17 bits per heavy atom. The zero-order valence-electron chi connectivity index (χ0n) is 11.0. The molecule has 0 bridgehead atoms. The number of hydrogen-bond acceptors (Lipinski definition) is 4. The van der Waals surface area contributed by atoms with Crippen molar-refractivity contribution in [3.63, 3.8) is 0 Å². The van der Waals surface area contributed by atoms with E-state index in [0.29, 0.717) is 6.54 Å². The molecule has 4 nitrogen and oxygen atoms in total. The summed E-state index contributed by atoms with van der Waals surface area (Å²) in [4.78, 5) is 0. The third-order valence-electron chi connectivity index (χ3n) is 2.46. The van der Waals surface area contributed by atoms with Gasteiger partial charge in [-0.25, -0.2) is 0 Å². The summed E-state index contributed by atoms with van der Waals surface area (Å²) in [5.74, 6) is 0.760. The number of rotatable bonds is 8. The van der Waals surface area contributed by atoms with E-state index in [0.717, 1.165) is 24.5 Å². The van der Waals surface area contributed by atoms with E-state index in [1.165, 1.54) is 0 Å². The molecule has 1 N–H and O–H groups in total. The van der Waals surface area contributed by atoms with Crippen molar-refractivity contribution >= 4 is 0 Å². The van der Waals surface area contributed by atoms with Crippen LogP contribution in [0.3, 0.4) is 0 Å². The van der Waals surface area contributed by atoms with Crippen LogP contribution in [0.4, 0.5) is 0 Å². The molecule has 0 aliphatic heterocycles. The number of hydrogen-bond donors (Lipinski definition) is 1. The monoisotopic (exact) mass is 248 g/mol. The van der Waals surface area contributed by atoms with Crippen LogP contribution in [0.1, 0.15) is 19.4 Å². The quantitative estimate of drug-likeness (QED) is 0.765. The average Bonchev–Trinajstić information content (AvgIpc) is 2.38. The van der Waals surface area contributed by atoms with Crippen molar-refractivity contribution in [2.45, 2.75) is 26.5 Å². The lowest BCUT2D eigenvalue weighted by atomic mass is 10.2. The van der Waals surface area contributed by atoms with Crippen LogP contribution in [0, 0.1) is 11.3 Å². The summed E-state index contributed by atoms with van der Waals surface area (Å²) in [6.07, 6.45) is 0.196. The van der Waals surface area contributed by atoms with Crippen LogP contribution < -0.4 is 10.1 Å². The van der Waals surface area contributed by atoms with E-state index in [9.17, 15) is 0 Å². The lowest BCUT2D eigenvalue weighted by Gasteiger charge is -2.14. The Morgan fingerprint density at radius 3 is 2.89 bits per heavy atom. The maximum absolute atomic E-state index is 8.52. The highest BCUT2D eigenvalue weighted by molar-refractivity contribution is 5.33. The minimum atomic E-state index is 0.0758. The molecule has 0 aromatic heterocycles. The second-order valence-electron chi connectivity index (χ2n) is 3.95. The summed E-state index contributed by atoms with van der Waals surface area (Å²) in [7, 11) is 0. The molecule has 0 aliphatic rings. The van der Waals surface area contributed by atoms with Crippen molar-refractivity contribution in [2.24, 2.45) is 0 Å². The molecule has 1 rings (SSSR count). The Balaban J connectivity index is 2.43. The van der Waals surface area contributed by atoms with Gasteiger partial charge in [0.05, 0.1) is 6.10 Å². The Morgan fingerprint density at radius 1 is 1.39 bits per heavy atom. The molecular weight excluding hydrogens is 228 g/mol. The summed E-state index contributed by atoms with van der Waals surface area (Å²) >= 11 is 0. The van der Waals surface area contributed by atoms with Crippen molar-refractivity contribution in [1.82, 2.24) is 5.32 Å². The Bertz CT molecular complexity index is 388. The minimum absolute atomic E-state index is 0.0758. The summed E-state index contributed by atoms with van der Waals surface area (Å²) in [5.41, 5.74) is 1.05. The molecule has 1 aromatic carbocycles. The number of nitrogens with zero attached hydrogens (tertiary/aromatic N) is 1. The molecule has 18 heavy (non-hydrogen) atoms. The van der Waals surface area contributed by atoms with Crippen molar-refractivity contribution in [2.75, 3.05) is 19.8 Å². The molecule has 98 valence electrons. The number of para-hydroxylation sites is 1. The smallest absolute Gasteiger partial charge is 0.174 e. The SMILES string of the molecule is CCOC(C)CNCc1ccccc1OCC#N. The largest absolute Gasteiger partial charge is 0.478 e. The van der Waals surface area contributed by atoms with E-state index >= 15 is 0 Å². The van der Waals surface area contributed by atoms with Crippen LogP contribution in [-0.2, 0) is 11.3 Å². The van der Waals surface area contributed by atoms with Crippen molar-refractivity contribution < 1.29 is 9.47 Å². The van der Waals surface area contributed by atoms with E-state index in [1.54, 1.807) is 0 Å². The van der Waals surface area contributed by atoms with Crippen molar-refractivity contribution in [3.8, 4) is 11.8 Å². The molecule has 0 spiro atoms. The first-order valence-corrected chi connectivity index (χ1v) is 6.18. The highest BCUT2D eigenvalue weighted by Crippen LogP contribution is 2.17. The highest BCUT2D eigenvalue weighted by atomic mass is 16.5. The third-order valence-corrected chi connectivity index (χ3v) is 2.46. The van der Waals surface area contributed by atoms with Gasteiger partial charge in [0.15, 0.2) is 6.61 Å². The predicted octanol–water partition coefficient (Wildman–Crippen LogP) is 2.10. The molecular formula is C14H20N2O2. The molecule has 1 aromatic rings. The lowest BCUT2D eigenvalue weighted by Crippen LogP contribution is -2.26. The van der Waals surface area contributed by atoms with Crippen LogP contribution in [0.2, 0.25) is 0 Å². The molecule has 0 saturated carbocycles. The van der Waals surface area contributed by atoms with E-state index in [1.807, 2.05) is 44.2 Å². The van der Waals surface area contributed by atoms with Crippen molar-refractivity contribution in [3.05, 3.63) is 29.8 Å². The molecule has 0 aliphatic carbocycles. The summed E-state index contributed by atoms with van der Waals surface area (Å²) in [6, 6.07) is 9.70. The van der Waals surface area contributed by atoms with Gasteiger partial charge in [-0.3, -0.25) is 0 Å². The zero-order chi connectivity index (χ0) is 13.2. The highest BCUT2D eigenvalue weighted by Gasteiger charge is 2.04. The molecule has 1 unspecified atom stereocenters. The van der Waals surface area contributed by atoms with Gasteiger partial charge >= 0.3 is 0 Å². The first-order valence-electron chi connectivity index (χ1n) is 6.18. The fraction of sp³-hybridized carbons (Fsp3) is 0.500. The molecule has 0 saturated heterocycles. The normalized spacial score (nSPS) is 11.8. The van der Waals surface area contributed by atoms with E-state index in [2.05, 4.69) is 5.32 Å². The second kappa shape index (κ2) is 8.51. The van der Waals surface area contributed by atoms with E-state index in [4.69, 9.17) is 14.7 Å². The van der Waals surface area contributed by atoms with E-state index in [-0.39, 0.29) is 12.7 Å². The van der Waals surface area contributed by atoms with Crippen molar-refractivity contribution in [1.29, 1.82) is 5.26 Å². The van der Waals surface area contributed by atoms with Crippen LogP contribution in [0.5, 0.6) is 5.75 Å². The summed E-state index contributed by atoms with van der Waals surface area (Å²) in [5, 5.41) is 11.8. The topological polar surface area (TPSA) is 54.3 Å².